The molecule has 122 valence electrons. The molecule has 0 saturated carbocycles. The van der Waals surface area contributed by atoms with E-state index < -0.39 is 7.82 Å². The molecule has 0 aromatic heterocycles. The minimum atomic E-state index is -3.33. The van der Waals surface area contributed by atoms with Gasteiger partial charge >= 0.3 is 13.8 Å². The lowest BCUT2D eigenvalue weighted by Crippen LogP contribution is -2.18. The van der Waals surface area contributed by atoms with Crippen molar-refractivity contribution in [2.24, 2.45) is 11.3 Å². The molecule has 0 N–H and O–H groups in total. The Balaban J connectivity index is 1.77. The summed E-state index contributed by atoms with van der Waals surface area (Å²) in [5, 5.41) is 0. The second-order valence-electron chi connectivity index (χ2n) is 6.99. The van der Waals surface area contributed by atoms with Crippen molar-refractivity contribution in [1.82, 2.24) is 0 Å². The number of benzene rings is 1. The molecule has 4 heterocycles. The van der Waals surface area contributed by atoms with Gasteiger partial charge in [-0.3, -0.25) is 0 Å². The number of phosphoric ester groups is 1. The molecule has 2 bridgehead atoms. The van der Waals surface area contributed by atoms with Crippen LogP contribution in [0.1, 0.15) is 38.8 Å². The summed E-state index contributed by atoms with van der Waals surface area (Å²) in [4.78, 5) is 0. The second-order valence-corrected chi connectivity index (χ2v) is 8.43. The molecule has 0 atom stereocenters. The molecule has 1 aromatic carbocycles. The van der Waals surface area contributed by atoms with Crippen LogP contribution in [0, 0.1) is 11.3 Å². The van der Waals surface area contributed by atoms with Gasteiger partial charge in [-0.05, 0) is 17.6 Å². The van der Waals surface area contributed by atoms with E-state index in [1.165, 1.54) is 5.57 Å². The zero-order chi connectivity index (χ0) is 16.4. The van der Waals surface area contributed by atoms with Crippen LogP contribution in [0.2, 0.25) is 0 Å². The van der Waals surface area contributed by atoms with E-state index in [9.17, 15) is 4.57 Å². The summed E-state index contributed by atoms with van der Waals surface area (Å²) in [6.07, 6.45) is 0. The van der Waals surface area contributed by atoms with Crippen LogP contribution in [0.4, 0.5) is 0 Å². The summed E-state index contributed by atoms with van der Waals surface area (Å²) >= 11 is 0. The molecule has 0 unspecified atom stereocenters. The SMILES string of the molecule is CC(C)C1=C(c2cccc(C3=C4OP(=O)(O4)O3)c2)OCC1(C)C. The summed E-state index contributed by atoms with van der Waals surface area (Å²) < 4.78 is 33.0. The molecule has 4 aliphatic rings. The Morgan fingerprint density at radius 3 is 2.30 bits per heavy atom. The van der Waals surface area contributed by atoms with Crippen LogP contribution in [0.25, 0.3) is 11.5 Å². The van der Waals surface area contributed by atoms with Crippen molar-refractivity contribution in [3.63, 3.8) is 0 Å². The van der Waals surface area contributed by atoms with E-state index in [-0.39, 0.29) is 11.4 Å². The second kappa shape index (κ2) is 4.57. The Hall–Kier alpha value is -1.87. The molecule has 1 saturated heterocycles. The van der Waals surface area contributed by atoms with Gasteiger partial charge in [-0.15, -0.1) is 0 Å². The normalized spacial score (nSPS) is 23.2. The van der Waals surface area contributed by atoms with Crippen molar-refractivity contribution < 1.29 is 22.9 Å². The topological polar surface area (TPSA) is 54.0 Å². The van der Waals surface area contributed by atoms with Crippen molar-refractivity contribution in [2.75, 3.05) is 6.61 Å². The van der Waals surface area contributed by atoms with Gasteiger partial charge in [0.2, 0.25) is 5.76 Å². The fourth-order valence-corrected chi connectivity index (χ4v) is 4.51. The first kappa shape index (κ1) is 14.7. The standard InChI is InChI=1S/C17H19O5P/c1-10(2)13-14(19-9-17(13,3)4)11-6-5-7-12(8-11)15-16-21-23(18,20-15)22-16/h5-8,10H,9H2,1-4H3. The van der Waals surface area contributed by atoms with Gasteiger partial charge in [-0.1, -0.05) is 45.9 Å². The van der Waals surface area contributed by atoms with Crippen molar-refractivity contribution in [2.45, 2.75) is 27.7 Å². The van der Waals surface area contributed by atoms with E-state index in [1.54, 1.807) is 0 Å². The molecular weight excluding hydrogens is 315 g/mol. The van der Waals surface area contributed by atoms with Gasteiger partial charge < -0.3 is 18.3 Å². The van der Waals surface area contributed by atoms with Crippen molar-refractivity contribution in [3.05, 3.63) is 46.9 Å². The number of phosphoric acid groups is 1. The molecule has 6 heteroatoms. The molecule has 4 aliphatic heterocycles. The highest BCUT2D eigenvalue weighted by Gasteiger charge is 2.56. The summed E-state index contributed by atoms with van der Waals surface area (Å²) in [5.41, 5.74) is 3.08. The smallest absolute Gasteiger partial charge is 0.492 e. The van der Waals surface area contributed by atoms with Gasteiger partial charge in [-0.25, -0.2) is 0 Å². The van der Waals surface area contributed by atoms with Gasteiger partial charge in [-0.2, -0.15) is 4.57 Å². The van der Waals surface area contributed by atoms with E-state index in [0.717, 1.165) is 16.9 Å². The Bertz CT molecular complexity index is 791. The minimum absolute atomic E-state index is 0.0175. The highest BCUT2D eigenvalue weighted by Crippen LogP contribution is 2.72. The molecule has 1 fully saturated rings. The van der Waals surface area contributed by atoms with Crippen LogP contribution in [0.5, 0.6) is 0 Å². The molecule has 0 aliphatic carbocycles. The fourth-order valence-electron chi connectivity index (χ4n) is 3.45. The van der Waals surface area contributed by atoms with E-state index in [0.29, 0.717) is 18.3 Å². The number of hydrogen-bond donors (Lipinski definition) is 0. The monoisotopic (exact) mass is 334 g/mol. The quantitative estimate of drug-likeness (QED) is 0.734. The Morgan fingerprint density at radius 2 is 1.74 bits per heavy atom. The first-order valence-electron chi connectivity index (χ1n) is 7.70. The average molecular weight is 334 g/mol. The zero-order valence-electron chi connectivity index (χ0n) is 13.6. The molecule has 5 rings (SSSR count). The molecule has 23 heavy (non-hydrogen) atoms. The van der Waals surface area contributed by atoms with Crippen LogP contribution >= 0.6 is 7.82 Å². The number of rotatable bonds is 3. The van der Waals surface area contributed by atoms with Crippen molar-refractivity contribution in [1.29, 1.82) is 0 Å². The van der Waals surface area contributed by atoms with Gasteiger partial charge in [0.15, 0.2) is 0 Å². The van der Waals surface area contributed by atoms with Crippen LogP contribution in [0.3, 0.4) is 0 Å². The van der Waals surface area contributed by atoms with Crippen molar-refractivity contribution >= 4 is 19.3 Å². The van der Waals surface area contributed by atoms with Crippen molar-refractivity contribution in [3.8, 4) is 0 Å². The predicted octanol–water partition coefficient (Wildman–Crippen LogP) is 4.92. The van der Waals surface area contributed by atoms with E-state index in [4.69, 9.17) is 18.3 Å². The maximum Gasteiger partial charge on any atom is 0.652 e. The zero-order valence-corrected chi connectivity index (χ0v) is 14.5. The number of hydrogen-bond acceptors (Lipinski definition) is 5. The number of fused-ring (bicyclic) bond motifs is 1. The summed E-state index contributed by atoms with van der Waals surface area (Å²) in [6, 6.07) is 7.77. The van der Waals surface area contributed by atoms with Crippen LogP contribution in [-0.4, -0.2) is 6.61 Å². The summed E-state index contributed by atoms with van der Waals surface area (Å²) in [5.74, 6) is 1.93. The Labute approximate surface area is 135 Å². The minimum Gasteiger partial charge on any atom is -0.492 e. The van der Waals surface area contributed by atoms with E-state index >= 15 is 0 Å². The number of ether oxygens (including phenoxy) is 1. The third kappa shape index (κ3) is 2.18. The lowest BCUT2D eigenvalue weighted by atomic mass is 9.79. The molecule has 1 aromatic rings. The highest BCUT2D eigenvalue weighted by atomic mass is 31.2. The molecule has 0 radical (unpaired) electrons. The fraction of sp³-hybridized carbons (Fsp3) is 0.412. The maximum absolute atomic E-state index is 11.7. The van der Waals surface area contributed by atoms with E-state index in [1.807, 2.05) is 24.3 Å². The molecule has 5 nitrogen and oxygen atoms in total. The molecular formula is C17H19O5P. The first-order valence-corrected chi connectivity index (χ1v) is 9.16. The largest absolute Gasteiger partial charge is 0.652 e. The van der Waals surface area contributed by atoms with E-state index in [2.05, 4.69) is 27.7 Å². The molecule has 0 amide bonds. The average Bonchev–Trinajstić information content (AvgIpc) is 3.06. The predicted molar refractivity (Wildman–Crippen MR) is 85.7 cm³/mol. The third-order valence-electron chi connectivity index (χ3n) is 4.29. The lowest BCUT2D eigenvalue weighted by molar-refractivity contribution is 0.0985. The van der Waals surface area contributed by atoms with Crippen LogP contribution in [0.15, 0.2) is 35.8 Å². The van der Waals surface area contributed by atoms with Gasteiger partial charge in [0, 0.05) is 16.5 Å². The van der Waals surface area contributed by atoms with Crippen LogP contribution in [-0.2, 0) is 22.9 Å². The highest BCUT2D eigenvalue weighted by molar-refractivity contribution is 7.51. The Kier molecular flexibility index (Phi) is 2.92. The van der Waals surface area contributed by atoms with Gasteiger partial charge in [0.1, 0.15) is 5.76 Å². The lowest BCUT2D eigenvalue weighted by Gasteiger charge is -2.22. The maximum atomic E-state index is 11.7. The summed E-state index contributed by atoms with van der Waals surface area (Å²) in [6.45, 7) is 9.44. The first-order chi connectivity index (χ1) is 10.8. The third-order valence-corrected chi connectivity index (χ3v) is 5.48. The Morgan fingerprint density at radius 1 is 1.09 bits per heavy atom. The molecule has 0 spiro atoms. The summed E-state index contributed by atoms with van der Waals surface area (Å²) in [7, 11) is -3.33. The van der Waals surface area contributed by atoms with Gasteiger partial charge in [0.25, 0.3) is 0 Å². The van der Waals surface area contributed by atoms with Gasteiger partial charge in [0.05, 0.1) is 6.61 Å². The van der Waals surface area contributed by atoms with Crippen LogP contribution < -0.4 is 0 Å².